The van der Waals surface area contributed by atoms with Crippen LogP contribution in [0, 0.1) is 0 Å². The molecule has 0 spiro atoms. The summed E-state index contributed by atoms with van der Waals surface area (Å²) in [6, 6.07) is 0. The summed E-state index contributed by atoms with van der Waals surface area (Å²) >= 11 is 0. The predicted molar refractivity (Wildman–Crippen MR) is 44.2 cm³/mol. The Bertz CT molecular complexity index is 424. The number of amides is 1. The van der Waals surface area contributed by atoms with E-state index in [-0.39, 0.29) is 18.7 Å². The number of aromatic nitrogens is 2. The molecule has 9 heteroatoms. The summed E-state index contributed by atoms with van der Waals surface area (Å²) < 4.78 is 41.6. The van der Waals surface area contributed by atoms with E-state index in [1.165, 1.54) is 0 Å². The third kappa shape index (κ3) is 1.57. The normalized spacial score (nSPS) is 18.2. The lowest BCUT2D eigenvalue weighted by molar-refractivity contribution is -0.163. The molecule has 0 aromatic carbocycles. The van der Waals surface area contributed by atoms with Crippen LogP contribution in [0.15, 0.2) is 4.63 Å². The van der Waals surface area contributed by atoms with E-state index in [1.54, 1.807) is 0 Å². The van der Waals surface area contributed by atoms with Crippen molar-refractivity contribution in [3.05, 3.63) is 5.69 Å². The van der Waals surface area contributed by atoms with Crippen LogP contribution in [0.2, 0.25) is 0 Å². The number of nitrogen functional groups attached to an aromatic ring is 1. The van der Waals surface area contributed by atoms with E-state index in [1.807, 2.05) is 5.32 Å². The third-order valence-electron chi connectivity index (χ3n) is 2.37. The van der Waals surface area contributed by atoms with Crippen molar-refractivity contribution in [2.75, 3.05) is 5.73 Å². The highest BCUT2D eigenvalue weighted by Crippen LogP contribution is 2.49. The Balaban J connectivity index is 2.13. The van der Waals surface area contributed by atoms with Gasteiger partial charge in [0.25, 0.3) is 5.91 Å². The van der Waals surface area contributed by atoms with E-state index >= 15 is 0 Å². The molecule has 6 nitrogen and oxygen atoms in total. The second-order valence-corrected chi connectivity index (χ2v) is 3.53. The van der Waals surface area contributed by atoms with Crippen molar-refractivity contribution in [1.82, 2.24) is 15.6 Å². The van der Waals surface area contributed by atoms with Crippen molar-refractivity contribution in [3.63, 3.8) is 0 Å². The standard InChI is InChI=1S/C7H7F3N4O2/c8-7(9,10)6(1-2-6)12-5(15)3-4(11)14-16-13-3/h1-2H2,(H2,11,14)(H,12,15). The highest BCUT2D eigenvalue weighted by Gasteiger charge is 2.64. The number of hydrogen-bond donors (Lipinski definition) is 2. The summed E-state index contributed by atoms with van der Waals surface area (Å²) in [5.41, 5.74) is 2.60. The average Bonchev–Trinajstić information content (AvgIpc) is 2.81. The summed E-state index contributed by atoms with van der Waals surface area (Å²) in [6.45, 7) is 0. The number of carbonyl (C=O) groups excluding carboxylic acids is 1. The van der Waals surface area contributed by atoms with Gasteiger partial charge in [0.15, 0.2) is 0 Å². The first-order chi connectivity index (χ1) is 7.36. The Labute approximate surface area is 86.9 Å². The molecule has 1 aliphatic carbocycles. The fourth-order valence-corrected chi connectivity index (χ4v) is 1.23. The zero-order valence-corrected chi connectivity index (χ0v) is 7.84. The van der Waals surface area contributed by atoms with Crippen molar-refractivity contribution < 1.29 is 22.6 Å². The first-order valence-corrected chi connectivity index (χ1v) is 4.33. The monoisotopic (exact) mass is 236 g/mol. The lowest BCUT2D eigenvalue weighted by Crippen LogP contribution is -2.48. The van der Waals surface area contributed by atoms with Crippen LogP contribution >= 0.6 is 0 Å². The molecule has 0 unspecified atom stereocenters. The van der Waals surface area contributed by atoms with Gasteiger partial charge in [0.05, 0.1) is 0 Å². The molecule has 1 heterocycles. The minimum atomic E-state index is -4.48. The van der Waals surface area contributed by atoms with Crippen LogP contribution in [-0.2, 0) is 0 Å². The number of nitrogens with one attached hydrogen (secondary N) is 1. The topological polar surface area (TPSA) is 94.0 Å². The smallest absolute Gasteiger partial charge is 0.379 e. The molecule has 3 N–H and O–H groups in total. The summed E-state index contributed by atoms with van der Waals surface area (Å²) in [5.74, 6) is -1.37. The Kier molecular flexibility index (Phi) is 2.07. The van der Waals surface area contributed by atoms with E-state index < -0.39 is 23.3 Å². The maximum Gasteiger partial charge on any atom is 0.411 e. The fourth-order valence-electron chi connectivity index (χ4n) is 1.23. The second-order valence-electron chi connectivity index (χ2n) is 3.53. The number of hydrogen-bond acceptors (Lipinski definition) is 5. The van der Waals surface area contributed by atoms with Gasteiger partial charge in [-0.3, -0.25) is 4.79 Å². The van der Waals surface area contributed by atoms with Gasteiger partial charge in [-0.15, -0.1) is 0 Å². The molecular formula is C7H7F3N4O2. The summed E-state index contributed by atoms with van der Waals surface area (Å²) in [4.78, 5) is 11.4. The Morgan fingerprint density at radius 1 is 1.44 bits per heavy atom. The maximum absolute atomic E-state index is 12.5. The highest BCUT2D eigenvalue weighted by atomic mass is 19.4. The van der Waals surface area contributed by atoms with Crippen LogP contribution in [0.5, 0.6) is 0 Å². The first-order valence-electron chi connectivity index (χ1n) is 4.33. The predicted octanol–water partition coefficient (Wildman–Crippen LogP) is 0.476. The number of halogens is 3. The quantitative estimate of drug-likeness (QED) is 0.778. The lowest BCUT2D eigenvalue weighted by Gasteiger charge is -2.19. The van der Waals surface area contributed by atoms with Crippen molar-refractivity contribution in [2.24, 2.45) is 0 Å². The second kappa shape index (κ2) is 3.09. The van der Waals surface area contributed by atoms with Crippen molar-refractivity contribution >= 4 is 11.7 Å². The van der Waals surface area contributed by atoms with Gasteiger partial charge in [-0.25, -0.2) is 4.63 Å². The van der Waals surface area contributed by atoms with Gasteiger partial charge in [0.1, 0.15) is 5.54 Å². The van der Waals surface area contributed by atoms with Crippen LogP contribution in [0.3, 0.4) is 0 Å². The Morgan fingerprint density at radius 3 is 2.44 bits per heavy atom. The van der Waals surface area contributed by atoms with E-state index in [0.717, 1.165) is 0 Å². The molecule has 1 saturated carbocycles. The van der Waals surface area contributed by atoms with Crippen LogP contribution in [-0.4, -0.2) is 27.9 Å². The maximum atomic E-state index is 12.5. The van der Waals surface area contributed by atoms with Gasteiger partial charge in [-0.1, -0.05) is 0 Å². The van der Waals surface area contributed by atoms with Crippen LogP contribution in [0.25, 0.3) is 0 Å². The zero-order valence-electron chi connectivity index (χ0n) is 7.84. The van der Waals surface area contributed by atoms with Gasteiger partial charge in [-0.2, -0.15) is 13.2 Å². The minimum Gasteiger partial charge on any atom is -0.379 e. The number of anilines is 1. The van der Waals surface area contributed by atoms with Crippen molar-refractivity contribution in [2.45, 2.75) is 24.6 Å². The van der Waals surface area contributed by atoms with Crippen LogP contribution in [0.4, 0.5) is 19.0 Å². The molecular weight excluding hydrogens is 229 g/mol. The van der Waals surface area contributed by atoms with E-state index in [0.29, 0.717) is 0 Å². The first kappa shape index (κ1) is 10.7. The Hall–Kier alpha value is -1.80. The number of nitrogens with zero attached hydrogens (tertiary/aromatic N) is 2. The Morgan fingerprint density at radius 2 is 2.06 bits per heavy atom. The molecule has 0 aliphatic heterocycles. The molecule has 1 aromatic rings. The third-order valence-corrected chi connectivity index (χ3v) is 2.37. The largest absolute Gasteiger partial charge is 0.411 e. The molecule has 2 rings (SSSR count). The average molecular weight is 236 g/mol. The summed E-state index contributed by atoms with van der Waals surface area (Å²) in [7, 11) is 0. The van der Waals surface area contributed by atoms with Crippen molar-refractivity contribution in [3.8, 4) is 0 Å². The van der Waals surface area contributed by atoms with E-state index in [4.69, 9.17) is 5.73 Å². The number of rotatable bonds is 2. The number of nitrogens with two attached hydrogens (primary N) is 1. The van der Waals surface area contributed by atoms with Gasteiger partial charge >= 0.3 is 6.18 Å². The molecule has 0 radical (unpaired) electrons. The van der Waals surface area contributed by atoms with Gasteiger partial charge in [0, 0.05) is 0 Å². The molecule has 0 bridgehead atoms. The molecule has 1 aliphatic rings. The van der Waals surface area contributed by atoms with Gasteiger partial charge < -0.3 is 11.1 Å². The van der Waals surface area contributed by atoms with Crippen LogP contribution < -0.4 is 11.1 Å². The number of carbonyl (C=O) groups is 1. The summed E-state index contributed by atoms with van der Waals surface area (Å²) in [5, 5.41) is 8.06. The lowest BCUT2D eigenvalue weighted by atomic mass is 10.2. The number of alkyl halides is 3. The van der Waals surface area contributed by atoms with E-state index in [2.05, 4.69) is 14.9 Å². The zero-order chi connectivity index (χ0) is 12.0. The molecule has 16 heavy (non-hydrogen) atoms. The van der Waals surface area contributed by atoms with Crippen LogP contribution in [0.1, 0.15) is 23.3 Å². The molecule has 0 atom stereocenters. The fraction of sp³-hybridized carbons (Fsp3) is 0.571. The molecule has 88 valence electrons. The van der Waals surface area contributed by atoms with Gasteiger partial charge in [0.2, 0.25) is 11.5 Å². The molecule has 1 aromatic heterocycles. The van der Waals surface area contributed by atoms with Crippen molar-refractivity contribution in [1.29, 1.82) is 0 Å². The molecule has 1 amide bonds. The van der Waals surface area contributed by atoms with Gasteiger partial charge in [-0.05, 0) is 23.2 Å². The SMILES string of the molecule is Nc1nonc1C(=O)NC1(C(F)(F)F)CC1. The minimum absolute atomic E-state index is 0.145. The summed E-state index contributed by atoms with van der Waals surface area (Å²) in [6.07, 6.45) is -4.77. The highest BCUT2D eigenvalue weighted by molar-refractivity contribution is 5.96. The van der Waals surface area contributed by atoms with E-state index in [9.17, 15) is 18.0 Å². The molecule has 0 saturated heterocycles. The molecule has 1 fully saturated rings.